The van der Waals surface area contributed by atoms with E-state index in [-0.39, 0.29) is 0 Å². The Morgan fingerprint density at radius 2 is 0.625 bits per heavy atom. The van der Waals surface area contributed by atoms with E-state index in [1.807, 2.05) is 0 Å². The zero-order valence-corrected chi connectivity index (χ0v) is 25.1. The Hall–Kier alpha value is -4.30. The van der Waals surface area contributed by atoms with E-state index in [0.717, 1.165) is 11.4 Å². The van der Waals surface area contributed by atoms with Gasteiger partial charge >= 0.3 is 0 Å². The number of hydrogen-bond donors (Lipinski definition) is 0. The first-order chi connectivity index (χ1) is 19.1. The molecule has 0 saturated heterocycles. The molecule has 5 aromatic rings. The first kappa shape index (κ1) is 27.3. The van der Waals surface area contributed by atoms with Crippen LogP contribution in [-0.4, -0.2) is 0 Å². The van der Waals surface area contributed by atoms with Crippen molar-refractivity contribution in [3.63, 3.8) is 0 Å². The quantitative estimate of drug-likeness (QED) is 0.218. The van der Waals surface area contributed by atoms with E-state index in [1.54, 1.807) is 0 Å². The van der Waals surface area contributed by atoms with Gasteiger partial charge in [0.1, 0.15) is 0 Å². The first-order valence-electron chi connectivity index (χ1n) is 14.1. The second-order valence-corrected chi connectivity index (χ2v) is 11.3. The summed E-state index contributed by atoms with van der Waals surface area (Å²) in [7, 11) is 0. The third-order valence-corrected chi connectivity index (χ3v) is 8.08. The monoisotopic (exact) mass is 524 g/mol. The molecule has 0 N–H and O–H groups in total. The molecule has 0 amide bonds. The molecule has 0 bridgehead atoms. The third kappa shape index (κ3) is 5.40. The van der Waals surface area contributed by atoms with Gasteiger partial charge in [-0.1, -0.05) is 47.5 Å². The van der Waals surface area contributed by atoms with Crippen LogP contribution in [0.15, 0.2) is 97.1 Å². The molecule has 202 valence electrons. The summed E-state index contributed by atoms with van der Waals surface area (Å²) in [5, 5.41) is 0. The minimum absolute atomic E-state index is 1.16. The van der Waals surface area contributed by atoms with Crippen LogP contribution in [-0.2, 0) is 0 Å². The standard InChI is InChI=1S/C38H40N2/c1-25-9-15-33(16-10-25)39(35-19-13-27(3)29(5)21-35)37-23-32(8)38(24-31(37)7)40(34-17-11-26(2)12-18-34)36-20-14-28(4)30(6)22-36/h9-24H,1-8H3. The van der Waals surface area contributed by atoms with Crippen molar-refractivity contribution in [2.75, 3.05) is 9.80 Å². The van der Waals surface area contributed by atoms with Crippen LogP contribution >= 0.6 is 0 Å². The van der Waals surface area contributed by atoms with Crippen LogP contribution < -0.4 is 9.80 Å². The van der Waals surface area contributed by atoms with Crippen molar-refractivity contribution in [2.24, 2.45) is 0 Å². The molecule has 5 aromatic carbocycles. The highest BCUT2D eigenvalue weighted by Gasteiger charge is 2.21. The summed E-state index contributed by atoms with van der Waals surface area (Å²) >= 11 is 0. The van der Waals surface area contributed by atoms with Gasteiger partial charge in [0.15, 0.2) is 0 Å². The molecule has 0 saturated carbocycles. The first-order valence-corrected chi connectivity index (χ1v) is 14.1. The van der Waals surface area contributed by atoms with Gasteiger partial charge in [0.05, 0.1) is 0 Å². The summed E-state index contributed by atoms with van der Waals surface area (Å²) in [4.78, 5) is 4.79. The second kappa shape index (κ2) is 11.1. The van der Waals surface area contributed by atoms with Crippen LogP contribution in [0.1, 0.15) is 44.5 Å². The Labute approximate surface area is 240 Å². The molecule has 2 heteroatoms. The maximum atomic E-state index is 2.39. The second-order valence-electron chi connectivity index (χ2n) is 11.3. The van der Waals surface area contributed by atoms with Gasteiger partial charge in [-0.15, -0.1) is 0 Å². The average Bonchev–Trinajstić information content (AvgIpc) is 2.93. The molecular formula is C38H40N2. The summed E-state index contributed by atoms with van der Waals surface area (Å²) in [6, 6.07) is 35.9. The molecule has 0 heterocycles. The smallest absolute Gasteiger partial charge is 0.0494 e. The number of anilines is 6. The van der Waals surface area contributed by atoms with Crippen LogP contribution in [0.5, 0.6) is 0 Å². The Bertz CT molecular complexity index is 1530. The molecule has 0 unspecified atom stereocenters. The number of rotatable bonds is 6. The van der Waals surface area contributed by atoms with E-state index in [2.05, 4.69) is 162 Å². The summed E-state index contributed by atoms with van der Waals surface area (Å²) in [5.74, 6) is 0. The molecule has 0 aliphatic carbocycles. The Balaban J connectivity index is 1.70. The summed E-state index contributed by atoms with van der Waals surface area (Å²) in [6.07, 6.45) is 0. The molecular weight excluding hydrogens is 484 g/mol. The van der Waals surface area contributed by atoms with Crippen LogP contribution in [0.2, 0.25) is 0 Å². The third-order valence-electron chi connectivity index (χ3n) is 8.08. The van der Waals surface area contributed by atoms with Gasteiger partial charge in [0, 0.05) is 34.1 Å². The minimum Gasteiger partial charge on any atom is -0.310 e. The van der Waals surface area contributed by atoms with E-state index in [9.17, 15) is 0 Å². The van der Waals surface area contributed by atoms with Crippen LogP contribution in [0, 0.1) is 55.4 Å². The van der Waals surface area contributed by atoms with Crippen molar-refractivity contribution < 1.29 is 0 Å². The maximum absolute atomic E-state index is 2.39. The predicted octanol–water partition coefficient (Wildman–Crippen LogP) is 11.1. The van der Waals surface area contributed by atoms with Crippen molar-refractivity contribution in [1.29, 1.82) is 0 Å². The molecule has 0 spiro atoms. The summed E-state index contributed by atoms with van der Waals surface area (Å²) in [5.41, 5.74) is 17.2. The van der Waals surface area contributed by atoms with Crippen molar-refractivity contribution in [1.82, 2.24) is 0 Å². The van der Waals surface area contributed by atoms with Gasteiger partial charge in [-0.3, -0.25) is 0 Å². The molecule has 0 aromatic heterocycles. The lowest BCUT2D eigenvalue weighted by Crippen LogP contribution is -2.15. The fourth-order valence-corrected chi connectivity index (χ4v) is 5.24. The number of nitrogens with zero attached hydrogens (tertiary/aromatic N) is 2. The molecule has 5 rings (SSSR count). The van der Waals surface area contributed by atoms with Crippen LogP contribution in [0.4, 0.5) is 34.1 Å². The van der Waals surface area contributed by atoms with Crippen LogP contribution in [0.3, 0.4) is 0 Å². The summed E-state index contributed by atoms with van der Waals surface area (Å²) < 4.78 is 0. The fourth-order valence-electron chi connectivity index (χ4n) is 5.24. The molecule has 2 nitrogen and oxygen atoms in total. The Kier molecular flexibility index (Phi) is 7.54. The minimum atomic E-state index is 1.16. The number of aryl methyl sites for hydroxylation is 8. The van der Waals surface area contributed by atoms with Crippen molar-refractivity contribution in [3.05, 3.63) is 142 Å². The molecule has 0 radical (unpaired) electrons. The van der Waals surface area contributed by atoms with Crippen molar-refractivity contribution >= 4 is 34.1 Å². The average molecular weight is 525 g/mol. The Morgan fingerprint density at radius 3 is 0.950 bits per heavy atom. The normalized spacial score (nSPS) is 11.0. The zero-order chi connectivity index (χ0) is 28.6. The molecule has 0 aliphatic rings. The van der Waals surface area contributed by atoms with Gasteiger partial charge in [0.25, 0.3) is 0 Å². The van der Waals surface area contributed by atoms with Crippen molar-refractivity contribution in [2.45, 2.75) is 55.4 Å². The van der Waals surface area contributed by atoms with E-state index >= 15 is 0 Å². The largest absolute Gasteiger partial charge is 0.310 e. The van der Waals surface area contributed by atoms with Gasteiger partial charge < -0.3 is 9.80 Å². The van der Waals surface area contributed by atoms with Crippen LogP contribution in [0.25, 0.3) is 0 Å². The van der Waals surface area contributed by atoms with E-state index in [0.29, 0.717) is 0 Å². The van der Waals surface area contributed by atoms with Gasteiger partial charge in [-0.25, -0.2) is 0 Å². The topological polar surface area (TPSA) is 6.48 Å². The molecule has 40 heavy (non-hydrogen) atoms. The lowest BCUT2D eigenvalue weighted by atomic mass is 10.0. The highest BCUT2D eigenvalue weighted by atomic mass is 15.2. The van der Waals surface area contributed by atoms with Gasteiger partial charge in [-0.2, -0.15) is 0 Å². The van der Waals surface area contributed by atoms with Crippen molar-refractivity contribution in [3.8, 4) is 0 Å². The number of hydrogen-bond acceptors (Lipinski definition) is 2. The molecule has 0 fully saturated rings. The molecule has 0 atom stereocenters. The lowest BCUT2D eigenvalue weighted by molar-refractivity contribution is 1.19. The predicted molar refractivity (Wildman–Crippen MR) is 174 cm³/mol. The Morgan fingerprint density at radius 1 is 0.300 bits per heavy atom. The fraction of sp³-hybridized carbons (Fsp3) is 0.211. The SMILES string of the molecule is Cc1ccc(N(c2ccc(C)c(C)c2)c2cc(C)c(N(c3ccc(C)cc3)c3ccc(C)c(C)c3)cc2C)cc1. The number of benzene rings is 5. The van der Waals surface area contributed by atoms with E-state index in [4.69, 9.17) is 0 Å². The summed E-state index contributed by atoms with van der Waals surface area (Å²) in [6.45, 7) is 17.5. The van der Waals surface area contributed by atoms with Gasteiger partial charge in [-0.05, 0) is 149 Å². The highest BCUT2D eigenvalue weighted by Crippen LogP contribution is 2.43. The highest BCUT2D eigenvalue weighted by molar-refractivity contribution is 5.85. The molecule has 0 aliphatic heterocycles. The zero-order valence-electron chi connectivity index (χ0n) is 25.1. The maximum Gasteiger partial charge on any atom is 0.0494 e. The lowest BCUT2D eigenvalue weighted by Gasteiger charge is -2.32. The van der Waals surface area contributed by atoms with E-state index in [1.165, 1.54) is 67.3 Å². The van der Waals surface area contributed by atoms with E-state index < -0.39 is 0 Å². The van der Waals surface area contributed by atoms with Gasteiger partial charge in [0.2, 0.25) is 0 Å².